The van der Waals surface area contributed by atoms with E-state index in [2.05, 4.69) is 39.9 Å². The van der Waals surface area contributed by atoms with Gasteiger partial charge in [-0.25, -0.2) is 41.8 Å². The standard InChI is InChI=1S/C26H17F3N4O2S.C14H10ClN3O2S.C12H8BF3NO2/c27-26(28,29)19-1-3-23(24(14-19)17-5-9-30-10-6-17)25-22-4-2-21(13-18(22)7-12-32-25)36(34,35)15-20-8-11-31-16-33-20;15-14-13-2-1-12(7-10(13)3-6-17-14)21(19,20)8-11-4-5-16-9-18-11;14-12(15,16)9-1-2-11(19-13-18)10(7-9)8-3-5-17-6-4-8/h1-14,16H,15H2;1-7,9H,8H2;1-7,18H. The second-order valence-corrected chi connectivity index (χ2v) is 20.4. The fourth-order valence-electron chi connectivity index (χ4n) is 7.56. The molecule has 0 atom stereocenters. The maximum Gasteiger partial charge on any atom is 0.569 e. The van der Waals surface area contributed by atoms with E-state index >= 15 is 0 Å². The molecule has 0 saturated heterocycles. The van der Waals surface area contributed by atoms with Gasteiger partial charge in [-0.05, 0) is 137 Å². The van der Waals surface area contributed by atoms with E-state index in [9.17, 15) is 43.2 Å². The molecule has 0 bridgehead atoms. The molecule has 10 aromatic rings. The van der Waals surface area contributed by atoms with Crippen molar-refractivity contribution < 1.29 is 52.9 Å². The number of rotatable bonds is 11. The molecule has 24 heteroatoms. The first kappa shape index (κ1) is 54.0. The van der Waals surface area contributed by atoms with Gasteiger partial charge >= 0.3 is 20.0 Å². The Bertz CT molecular complexity index is 3880. The lowest BCUT2D eigenvalue weighted by molar-refractivity contribution is -0.138. The highest BCUT2D eigenvalue weighted by molar-refractivity contribution is 7.91. The Morgan fingerprint density at radius 3 is 1.47 bits per heavy atom. The van der Waals surface area contributed by atoms with Crippen LogP contribution in [0.2, 0.25) is 5.15 Å². The van der Waals surface area contributed by atoms with Crippen LogP contribution in [0, 0.1) is 0 Å². The Hall–Kier alpha value is -8.25. The highest BCUT2D eigenvalue weighted by Crippen LogP contribution is 2.40. The monoisotopic (exact) mass is 1090 g/mol. The van der Waals surface area contributed by atoms with E-state index in [1.807, 2.05) is 0 Å². The summed E-state index contributed by atoms with van der Waals surface area (Å²) in [4.78, 5) is 32.0. The van der Waals surface area contributed by atoms with Gasteiger partial charge in [0.25, 0.3) is 0 Å². The fraction of sp³-hybridized carbons (Fsp3) is 0.0769. The summed E-state index contributed by atoms with van der Waals surface area (Å²) in [7, 11) is -6.75. The third-order valence-corrected chi connectivity index (χ3v) is 14.8. The van der Waals surface area contributed by atoms with Crippen LogP contribution in [0.3, 0.4) is 0 Å². The molecule has 383 valence electrons. The van der Waals surface area contributed by atoms with Gasteiger partial charge in [0.15, 0.2) is 19.7 Å². The molecule has 6 heterocycles. The first-order valence-corrected chi connectivity index (χ1v) is 25.7. The lowest BCUT2D eigenvalue weighted by atomic mass is 9.93. The average Bonchev–Trinajstić information content (AvgIpc) is 3.41. The summed E-state index contributed by atoms with van der Waals surface area (Å²) in [5.41, 5.74) is 1.80. The topological polar surface area (TPSA) is 201 Å². The highest BCUT2D eigenvalue weighted by atomic mass is 35.5. The molecule has 0 aliphatic carbocycles. The van der Waals surface area contributed by atoms with Crippen LogP contribution in [0.25, 0.3) is 55.1 Å². The van der Waals surface area contributed by atoms with Crippen molar-refractivity contribution in [1.82, 2.24) is 39.9 Å². The molecule has 0 aliphatic heterocycles. The van der Waals surface area contributed by atoms with Crippen LogP contribution in [0.1, 0.15) is 22.5 Å². The second kappa shape index (κ2) is 23.1. The van der Waals surface area contributed by atoms with Gasteiger partial charge in [0.1, 0.15) is 23.6 Å². The van der Waals surface area contributed by atoms with Gasteiger partial charge in [-0.3, -0.25) is 15.0 Å². The van der Waals surface area contributed by atoms with Crippen LogP contribution in [0.5, 0.6) is 5.75 Å². The number of nitrogens with zero attached hydrogens (tertiary/aromatic N) is 8. The first-order chi connectivity index (χ1) is 36.3. The number of benzene rings is 4. The minimum absolute atomic E-state index is 0.104. The molecule has 10 rings (SSSR count). The number of fused-ring (bicyclic) bond motifs is 2. The lowest BCUT2D eigenvalue weighted by Gasteiger charge is -2.15. The normalized spacial score (nSPS) is 11.7. The Kier molecular flexibility index (Phi) is 16.4. The number of pyridine rings is 4. The lowest BCUT2D eigenvalue weighted by Crippen LogP contribution is -2.07. The van der Waals surface area contributed by atoms with Gasteiger partial charge < -0.3 is 9.68 Å². The highest BCUT2D eigenvalue weighted by Gasteiger charge is 2.33. The Balaban J connectivity index is 0.000000163. The van der Waals surface area contributed by atoms with Crippen LogP contribution in [-0.2, 0) is 43.5 Å². The number of hydrogen-bond acceptors (Lipinski definition) is 14. The average molecular weight is 1090 g/mol. The second-order valence-electron chi connectivity index (χ2n) is 16.1. The summed E-state index contributed by atoms with van der Waals surface area (Å²) in [5, 5.41) is 11.6. The van der Waals surface area contributed by atoms with Crippen molar-refractivity contribution in [2.45, 2.75) is 33.6 Å². The van der Waals surface area contributed by atoms with Crippen molar-refractivity contribution >= 4 is 60.5 Å². The molecule has 4 aromatic carbocycles. The molecule has 1 radical (unpaired) electrons. The van der Waals surface area contributed by atoms with Gasteiger partial charge in [0, 0.05) is 71.5 Å². The zero-order chi connectivity index (χ0) is 54.1. The minimum atomic E-state index is -4.51. The molecule has 0 aliphatic rings. The predicted molar refractivity (Wildman–Crippen MR) is 271 cm³/mol. The first-order valence-electron chi connectivity index (χ1n) is 22.1. The zero-order valence-electron chi connectivity index (χ0n) is 38.8. The van der Waals surface area contributed by atoms with E-state index < -0.39 is 43.2 Å². The van der Waals surface area contributed by atoms with E-state index in [1.54, 1.807) is 66.9 Å². The predicted octanol–water partition coefficient (Wildman–Crippen LogP) is 11.1. The Labute approximate surface area is 435 Å². The van der Waals surface area contributed by atoms with E-state index in [1.165, 1.54) is 86.4 Å². The summed E-state index contributed by atoms with van der Waals surface area (Å²) in [6.45, 7) is 0. The van der Waals surface area contributed by atoms with E-state index in [0.717, 1.165) is 41.1 Å². The van der Waals surface area contributed by atoms with Gasteiger partial charge in [0.2, 0.25) is 0 Å². The van der Waals surface area contributed by atoms with Gasteiger partial charge in [-0.1, -0.05) is 23.7 Å². The van der Waals surface area contributed by atoms with Crippen molar-refractivity contribution in [2.75, 3.05) is 0 Å². The van der Waals surface area contributed by atoms with Crippen LogP contribution in [0.4, 0.5) is 26.3 Å². The number of sulfone groups is 2. The molecule has 0 amide bonds. The summed E-state index contributed by atoms with van der Waals surface area (Å²) >= 11 is 5.98. The maximum atomic E-state index is 13.5. The molecule has 6 aromatic heterocycles. The molecular weight excluding hydrogens is 1060 g/mol. The van der Waals surface area contributed by atoms with Crippen LogP contribution >= 0.6 is 11.6 Å². The zero-order valence-corrected chi connectivity index (χ0v) is 41.2. The fourth-order valence-corrected chi connectivity index (χ4v) is 10.4. The number of aromatic nitrogens is 8. The molecule has 0 fully saturated rings. The molecule has 76 heavy (non-hydrogen) atoms. The van der Waals surface area contributed by atoms with E-state index in [0.29, 0.717) is 62.9 Å². The number of alkyl halides is 6. The molecule has 0 spiro atoms. The summed E-state index contributed by atoms with van der Waals surface area (Å²) in [5.74, 6) is -0.328. The van der Waals surface area contributed by atoms with Crippen LogP contribution in [0.15, 0.2) is 193 Å². The molecular formula is C52H35BClF6N8O6S2. The van der Waals surface area contributed by atoms with Crippen molar-refractivity contribution in [3.05, 3.63) is 211 Å². The molecule has 0 saturated carbocycles. The Morgan fingerprint density at radius 2 is 0.961 bits per heavy atom. The van der Waals surface area contributed by atoms with Gasteiger partial charge in [0.05, 0.1) is 49.5 Å². The van der Waals surface area contributed by atoms with Crippen molar-refractivity contribution in [3.63, 3.8) is 0 Å². The third-order valence-electron chi connectivity index (χ3n) is 11.2. The van der Waals surface area contributed by atoms with Crippen molar-refractivity contribution in [1.29, 1.82) is 0 Å². The largest absolute Gasteiger partial charge is 0.569 e. The van der Waals surface area contributed by atoms with E-state index in [-0.39, 0.29) is 32.6 Å². The number of hydrogen-bond donors (Lipinski definition) is 1. The van der Waals surface area contributed by atoms with Gasteiger partial charge in [-0.2, -0.15) is 26.3 Å². The SMILES string of the molecule is O=S(=O)(Cc1ccncn1)c1ccc2c(-c3ccc(C(F)(F)F)cc3-c3ccncc3)nccc2c1.O=S(=O)(Cc1ccncn1)c1ccc2c(Cl)nccc2c1.O[B]Oc1ccc(C(F)(F)F)cc1-c1ccncc1. The van der Waals surface area contributed by atoms with Gasteiger partial charge in [-0.15, -0.1) is 0 Å². The van der Waals surface area contributed by atoms with Crippen molar-refractivity contribution in [3.8, 4) is 39.3 Å². The van der Waals surface area contributed by atoms with Crippen LogP contribution in [-0.4, -0.2) is 69.4 Å². The maximum absolute atomic E-state index is 13.5. The molecule has 0 unspecified atom stereocenters. The van der Waals surface area contributed by atoms with Crippen molar-refractivity contribution in [2.24, 2.45) is 0 Å². The summed E-state index contributed by atoms with van der Waals surface area (Å²) in [6.07, 6.45) is 5.63. The molecule has 14 nitrogen and oxygen atoms in total. The minimum Gasteiger partial charge on any atom is -0.537 e. The third kappa shape index (κ3) is 13.2. The summed E-state index contributed by atoms with van der Waals surface area (Å²) in [6, 6.07) is 28.8. The van der Waals surface area contributed by atoms with E-state index in [4.69, 9.17) is 21.3 Å². The molecule has 1 N–H and O–H groups in total. The number of halogens is 7. The van der Waals surface area contributed by atoms with Crippen LogP contribution < -0.4 is 4.65 Å². The Morgan fingerprint density at radius 1 is 0.487 bits per heavy atom. The summed E-state index contributed by atoms with van der Waals surface area (Å²) < 4.78 is 134. The quantitative estimate of drug-likeness (QED) is 0.0728. The smallest absolute Gasteiger partial charge is 0.537 e.